The highest BCUT2D eigenvalue weighted by Gasteiger charge is 2.09. The fourth-order valence-corrected chi connectivity index (χ4v) is 1.65. The number of hydrogen-bond acceptors (Lipinski definition) is 5. The quantitative estimate of drug-likeness (QED) is 0.741. The highest BCUT2D eigenvalue weighted by atomic mass is 16.5. The third-order valence-corrected chi connectivity index (χ3v) is 2.59. The molecule has 1 heterocycles. The maximum Gasteiger partial charge on any atom is 0.339 e. The SMILES string of the molecule is O=C(O)c1ccccc1OCCNCc1cccnn1. The molecule has 1 aromatic carbocycles. The Balaban J connectivity index is 1.75. The minimum Gasteiger partial charge on any atom is -0.491 e. The summed E-state index contributed by atoms with van der Waals surface area (Å²) in [5, 5.41) is 19.9. The second-order valence-corrected chi connectivity index (χ2v) is 4.04. The Bertz CT molecular complexity index is 561. The molecule has 0 saturated heterocycles. The van der Waals surface area contributed by atoms with Gasteiger partial charge in [-0.15, -0.1) is 0 Å². The van der Waals surface area contributed by atoms with Crippen molar-refractivity contribution >= 4 is 5.97 Å². The van der Waals surface area contributed by atoms with E-state index in [0.29, 0.717) is 25.4 Å². The highest BCUT2D eigenvalue weighted by molar-refractivity contribution is 5.90. The molecule has 0 aliphatic rings. The lowest BCUT2D eigenvalue weighted by atomic mass is 10.2. The molecule has 0 radical (unpaired) electrons. The first-order valence-electron chi connectivity index (χ1n) is 6.20. The summed E-state index contributed by atoms with van der Waals surface area (Å²) in [7, 11) is 0. The maximum absolute atomic E-state index is 11.0. The van der Waals surface area contributed by atoms with Crippen molar-refractivity contribution < 1.29 is 14.6 Å². The van der Waals surface area contributed by atoms with E-state index in [0.717, 1.165) is 5.69 Å². The zero-order chi connectivity index (χ0) is 14.2. The monoisotopic (exact) mass is 273 g/mol. The summed E-state index contributed by atoms with van der Waals surface area (Å²) in [5.74, 6) is -0.616. The summed E-state index contributed by atoms with van der Waals surface area (Å²) < 4.78 is 5.46. The van der Waals surface area contributed by atoms with Gasteiger partial charge in [-0.2, -0.15) is 10.2 Å². The zero-order valence-corrected chi connectivity index (χ0v) is 10.8. The Kier molecular flexibility index (Phi) is 5.02. The molecule has 0 saturated carbocycles. The molecule has 0 spiro atoms. The van der Waals surface area contributed by atoms with E-state index >= 15 is 0 Å². The predicted octanol–water partition coefficient (Wildman–Crippen LogP) is 1.34. The lowest BCUT2D eigenvalue weighted by molar-refractivity contribution is 0.0692. The molecule has 2 aromatic rings. The van der Waals surface area contributed by atoms with Crippen LogP contribution in [0.25, 0.3) is 0 Å². The van der Waals surface area contributed by atoms with Crippen molar-refractivity contribution in [1.29, 1.82) is 0 Å². The Morgan fingerprint density at radius 1 is 1.25 bits per heavy atom. The standard InChI is InChI=1S/C14H15N3O3/c18-14(19)12-5-1-2-6-13(12)20-9-8-15-10-11-4-3-7-16-17-11/h1-7,15H,8-10H2,(H,18,19). The van der Waals surface area contributed by atoms with E-state index in [2.05, 4.69) is 15.5 Å². The Hall–Kier alpha value is -2.47. The number of ether oxygens (including phenoxy) is 1. The molecule has 0 amide bonds. The summed E-state index contributed by atoms with van der Waals surface area (Å²) in [4.78, 5) is 11.0. The molecule has 6 nitrogen and oxygen atoms in total. The van der Waals surface area contributed by atoms with Crippen LogP contribution in [-0.4, -0.2) is 34.4 Å². The topological polar surface area (TPSA) is 84.3 Å². The van der Waals surface area contributed by atoms with E-state index in [1.54, 1.807) is 24.4 Å². The molecule has 20 heavy (non-hydrogen) atoms. The number of para-hydroxylation sites is 1. The molecule has 0 bridgehead atoms. The zero-order valence-electron chi connectivity index (χ0n) is 10.8. The average molecular weight is 273 g/mol. The van der Waals surface area contributed by atoms with Gasteiger partial charge in [-0.1, -0.05) is 12.1 Å². The van der Waals surface area contributed by atoms with Crippen molar-refractivity contribution in [2.24, 2.45) is 0 Å². The summed E-state index contributed by atoms with van der Waals surface area (Å²) in [6.45, 7) is 1.56. The molecule has 2 N–H and O–H groups in total. The second-order valence-electron chi connectivity index (χ2n) is 4.04. The van der Waals surface area contributed by atoms with Crippen LogP contribution >= 0.6 is 0 Å². The van der Waals surface area contributed by atoms with Crippen molar-refractivity contribution in [3.8, 4) is 5.75 Å². The lowest BCUT2D eigenvalue weighted by Crippen LogP contribution is -2.21. The number of hydrogen-bond donors (Lipinski definition) is 2. The number of benzene rings is 1. The van der Waals surface area contributed by atoms with Crippen LogP contribution in [0.1, 0.15) is 16.1 Å². The minimum absolute atomic E-state index is 0.168. The third-order valence-electron chi connectivity index (χ3n) is 2.59. The van der Waals surface area contributed by atoms with Crippen molar-refractivity contribution in [3.05, 3.63) is 53.9 Å². The van der Waals surface area contributed by atoms with Crippen LogP contribution in [0, 0.1) is 0 Å². The molecule has 0 aliphatic heterocycles. The first-order valence-corrected chi connectivity index (χ1v) is 6.20. The summed E-state index contributed by atoms with van der Waals surface area (Å²) in [6, 6.07) is 10.3. The molecular weight excluding hydrogens is 258 g/mol. The van der Waals surface area contributed by atoms with E-state index in [1.807, 2.05) is 12.1 Å². The number of rotatable bonds is 7. The number of carboxylic acids is 1. The first-order chi connectivity index (χ1) is 9.77. The molecule has 104 valence electrons. The molecule has 0 aliphatic carbocycles. The third kappa shape index (κ3) is 4.03. The number of nitrogens with zero attached hydrogens (tertiary/aromatic N) is 2. The van der Waals surface area contributed by atoms with Gasteiger partial charge in [-0.3, -0.25) is 0 Å². The molecular formula is C14H15N3O3. The van der Waals surface area contributed by atoms with Crippen LogP contribution in [0.5, 0.6) is 5.75 Å². The van der Waals surface area contributed by atoms with Crippen molar-refractivity contribution in [2.75, 3.05) is 13.2 Å². The minimum atomic E-state index is -0.992. The molecule has 0 unspecified atom stereocenters. The van der Waals surface area contributed by atoms with Crippen molar-refractivity contribution in [1.82, 2.24) is 15.5 Å². The van der Waals surface area contributed by atoms with Gasteiger partial charge in [0, 0.05) is 19.3 Å². The maximum atomic E-state index is 11.0. The largest absolute Gasteiger partial charge is 0.491 e. The number of aromatic carboxylic acids is 1. The van der Waals surface area contributed by atoms with Gasteiger partial charge in [0.25, 0.3) is 0 Å². The smallest absolute Gasteiger partial charge is 0.339 e. The number of carbonyl (C=O) groups is 1. The Morgan fingerprint density at radius 2 is 2.10 bits per heavy atom. The second kappa shape index (κ2) is 7.20. The fraction of sp³-hybridized carbons (Fsp3) is 0.214. The predicted molar refractivity (Wildman–Crippen MR) is 72.6 cm³/mol. The van der Waals surface area contributed by atoms with E-state index < -0.39 is 5.97 Å². The van der Waals surface area contributed by atoms with Crippen LogP contribution in [0.2, 0.25) is 0 Å². The number of aromatic nitrogens is 2. The van der Waals surface area contributed by atoms with Gasteiger partial charge >= 0.3 is 5.97 Å². The summed E-state index contributed by atoms with van der Waals surface area (Å²) in [6.07, 6.45) is 1.62. The van der Waals surface area contributed by atoms with Gasteiger partial charge in [0.1, 0.15) is 17.9 Å². The Morgan fingerprint density at radius 3 is 2.85 bits per heavy atom. The average Bonchev–Trinajstić information content (AvgIpc) is 2.48. The summed E-state index contributed by atoms with van der Waals surface area (Å²) >= 11 is 0. The van der Waals surface area contributed by atoms with Crippen LogP contribution in [0.4, 0.5) is 0 Å². The van der Waals surface area contributed by atoms with Crippen LogP contribution in [-0.2, 0) is 6.54 Å². The van der Waals surface area contributed by atoms with Crippen molar-refractivity contribution in [2.45, 2.75) is 6.54 Å². The summed E-state index contributed by atoms with van der Waals surface area (Å²) in [5.41, 5.74) is 1.01. The van der Waals surface area contributed by atoms with Gasteiger partial charge < -0.3 is 15.2 Å². The van der Waals surface area contributed by atoms with Crippen LogP contribution in [0.15, 0.2) is 42.6 Å². The van der Waals surface area contributed by atoms with Gasteiger partial charge in [0.05, 0.1) is 5.69 Å². The van der Waals surface area contributed by atoms with Crippen LogP contribution < -0.4 is 10.1 Å². The van der Waals surface area contributed by atoms with Crippen LogP contribution in [0.3, 0.4) is 0 Å². The molecule has 1 aromatic heterocycles. The Labute approximate surface area is 116 Å². The van der Waals surface area contributed by atoms with Gasteiger partial charge in [0.2, 0.25) is 0 Å². The van der Waals surface area contributed by atoms with E-state index in [1.165, 1.54) is 6.07 Å². The van der Waals surface area contributed by atoms with E-state index in [4.69, 9.17) is 9.84 Å². The van der Waals surface area contributed by atoms with E-state index in [-0.39, 0.29) is 5.56 Å². The number of nitrogens with one attached hydrogen (secondary N) is 1. The number of carboxylic acid groups (broad SMARTS) is 1. The first kappa shape index (κ1) is 14.0. The normalized spacial score (nSPS) is 10.2. The fourth-order valence-electron chi connectivity index (χ4n) is 1.65. The van der Waals surface area contributed by atoms with Crippen molar-refractivity contribution in [3.63, 3.8) is 0 Å². The molecule has 6 heteroatoms. The van der Waals surface area contributed by atoms with E-state index in [9.17, 15) is 4.79 Å². The highest BCUT2D eigenvalue weighted by Crippen LogP contribution is 2.17. The van der Waals surface area contributed by atoms with Gasteiger partial charge in [-0.05, 0) is 24.3 Å². The van der Waals surface area contributed by atoms with Gasteiger partial charge in [-0.25, -0.2) is 4.79 Å². The molecule has 0 fully saturated rings. The molecule has 2 rings (SSSR count). The van der Waals surface area contributed by atoms with Gasteiger partial charge in [0.15, 0.2) is 0 Å². The molecule has 0 atom stereocenters. The lowest BCUT2D eigenvalue weighted by Gasteiger charge is -2.09.